The number of benzene rings is 2. The molecule has 12 nitrogen and oxygen atoms in total. The van der Waals surface area contributed by atoms with E-state index in [0.29, 0.717) is 46.5 Å². The van der Waals surface area contributed by atoms with Crippen molar-refractivity contribution in [2.24, 2.45) is 0 Å². The van der Waals surface area contributed by atoms with Crippen LogP contribution in [0.15, 0.2) is 65.7 Å². The Bertz CT molecular complexity index is 1390. The number of nitrogens with one attached hydrogen (secondary N) is 2. The highest BCUT2D eigenvalue weighted by atomic mass is 32.2. The van der Waals surface area contributed by atoms with Crippen LogP contribution in [0.5, 0.6) is 5.75 Å². The number of rotatable bonds is 10. The molecule has 0 radical (unpaired) electrons. The molecule has 13 heteroatoms. The normalized spacial score (nSPS) is 10.7. The first-order valence-electron chi connectivity index (χ1n) is 10.7. The lowest BCUT2D eigenvalue weighted by Gasteiger charge is -2.06. The van der Waals surface area contributed by atoms with E-state index in [9.17, 15) is 19.7 Å². The van der Waals surface area contributed by atoms with E-state index in [4.69, 9.17) is 4.74 Å². The van der Waals surface area contributed by atoms with Crippen molar-refractivity contribution in [3.8, 4) is 5.75 Å². The van der Waals surface area contributed by atoms with Gasteiger partial charge in [-0.05, 0) is 48.5 Å². The minimum Gasteiger partial charge on any atom is -0.497 e. The number of nitro benzene ring substituents is 1. The third kappa shape index (κ3) is 6.13. The number of non-ortho nitro benzene ring substituents is 1. The molecule has 2 N–H and O–H groups in total. The number of nitrogens with zero attached hydrogens (tertiary/aromatic N) is 5. The van der Waals surface area contributed by atoms with Gasteiger partial charge in [-0.3, -0.25) is 19.7 Å². The fourth-order valence-corrected chi connectivity index (χ4v) is 3.84. The van der Waals surface area contributed by atoms with Crippen LogP contribution in [0.2, 0.25) is 0 Å². The van der Waals surface area contributed by atoms with E-state index in [1.807, 2.05) is 0 Å². The second-order valence-corrected chi connectivity index (χ2v) is 8.43. The van der Waals surface area contributed by atoms with E-state index in [1.54, 1.807) is 48.0 Å². The molecule has 0 atom stereocenters. The monoisotopic (exact) mass is 507 g/mol. The number of aromatic nitrogens is 4. The van der Waals surface area contributed by atoms with Crippen LogP contribution < -0.4 is 15.4 Å². The fourth-order valence-electron chi connectivity index (χ4n) is 3.18. The molecule has 2 aromatic heterocycles. The van der Waals surface area contributed by atoms with E-state index in [-0.39, 0.29) is 23.3 Å². The highest BCUT2D eigenvalue weighted by Crippen LogP contribution is 2.19. The van der Waals surface area contributed by atoms with Crippen LogP contribution in [0.1, 0.15) is 16.2 Å². The van der Waals surface area contributed by atoms with Crippen LogP contribution in [0.25, 0.3) is 5.65 Å². The number of hydrogen-bond donors (Lipinski definition) is 2. The Labute approximate surface area is 209 Å². The van der Waals surface area contributed by atoms with Gasteiger partial charge in [-0.1, -0.05) is 11.8 Å². The van der Waals surface area contributed by atoms with Crippen LogP contribution in [0, 0.1) is 10.1 Å². The Morgan fingerprint density at radius 2 is 1.81 bits per heavy atom. The maximum absolute atomic E-state index is 12.3. The second kappa shape index (κ2) is 11.3. The molecule has 2 aromatic carbocycles. The number of thioether (sulfide) groups is 1. The number of methoxy groups -OCH3 is 1. The molecule has 184 valence electrons. The van der Waals surface area contributed by atoms with Gasteiger partial charge in [-0.15, -0.1) is 10.2 Å². The zero-order chi connectivity index (χ0) is 25.5. The minimum atomic E-state index is -0.503. The van der Waals surface area contributed by atoms with Crippen molar-refractivity contribution in [3.05, 3.63) is 82.2 Å². The summed E-state index contributed by atoms with van der Waals surface area (Å²) in [6.45, 7) is 0.336. The molecule has 0 aliphatic rings. The quantitative estimate of drug-likeness (QED) is 0.187. The van der Waals surface area contributed by atoms with Gasteiger partial charge in [-0.2, -0.15) is 9.61 Å². The molecule has 0 aliphatic heterocycles. The summed E-state index contributed by atoms with van der Waals surface area (Å²) in [6.07, 6.45) is 0.408. The second-order valence-electron chi connectivity index (χ2n) is 7.43. The molecule has 0 saturated carbocycles. The SMILES string of the molecule is COc1ccc(C(=O)NCCc2nnc3ccc(SCC(=O)Nc4ccc([N+](=O)[O-])cc4)nn23)cc1. The summed E-state index contributed by atoms with van der Waals surface area (Å²) in [7, 11) is 1.56. The van der Waals surface area contributed by atoms with Crippen molar-refractivity contribution in [1.29, 1.82) is 0 Å². The molecule has 4 rings (SSSR count). The predicted octanol–water partition coefficient (Wildman–Crippen LogP) is 2.74. The van der Waals surface area contributed by atoms with E-state index < -0.39 is 4.92 Å². The third-order valence-electron chi connectivity index (χ3n) is 5.00. The number of fused-ring (bicyclic) bond motifs is 1. The summed E-state index contributed by atoms with van der Waals surface area (Å²) in [5, 5.41) is 29.6. The number of nitro groups is 1. The van der Waals surface area contributed by atoms with Crippen molar-refractivity contribution in [2.75, 3.05) is 24.7 Å². The number of amides is 2. The molecule has 0 spiro atoms. The van der Waals surface area contributed by atoms with Gasteiger partial charge < -0.3 is 15.4 Å². The predicted molar refractivity (Wildman–Crippen MR) is 132 cm³/mol. The van der Waals surface area contributed by atoms with Crippen molar-refractivity contribution < 1.29 is 19.2 Å². The van der Waals surface area contributed by atoms with Gasteiger partial charge in [0.15, 0.2) is 11.5 Å². The summed E-state index contributed by atoms with van der Waals surface area (Å²) in [4.78, 5) is 34.8. The Hall–Kier alpha value is -4.52. The zero-order valence-corrected chi connectivity index (χ0v) is 19.9. The van der Waals surface area contributed by atoms with Crippen LogP contribution in [0.4, 0.5) is 11.4 Å². The maximum atomic E-state index is 12.3. The van der Waals surface area contributed by atoms with E-state index in [1.165, 1.54) is 36.0 Å². The molecule has 0 saturated heterocycles. The van der Waals surface area contributed by atoms with Crippen molar-refractivity contribution >= 4 is 40.6 Å². The molecular weight excluding hydrogens is 486 g/mol. The zero-order valence-electron chi connectivity index (χ0n) is 19.1. The van der Waals surface area contributed by atoms with Crippen molar-refractivity contribution in [2.45, 2.75) is 11.4 Å². The van der Waals surface area contributed by atoms with Gasteiger partial charge >= 0.3 is 0 Å². The van der Waals surface area contributed by atoms with Gasteiger partial charge in [0.2, 0.25) is 5.91 Å². The minimum absolute atomic E-state index is 0.0510. The lowest BCUT2D eigenvalue weighted by Crippen LogP contribution is -2.26. The first kappa shape index (κ1) is 24.6. The fraction of sp³-hybridized carbons (Fsp3) is 0.174. The van der Waals surface area contributed by atoms with E-state index in [0.717, 1.165) is 0 Å². The molecule has 2 heterocycles. The number of anilines is 1. The molecular formula is C23H21N7O5S. The summed E-state index contributed by atoms with van der Waals surface area (Å²) in [6, 6.07) is 15.9. The van der Waals surface area contributed by atoms with Crippen LogP contribution in [-0.4, -0.2) is 56.0 Å². The third-order valence-corrected chi connectivity index (χ3v) is 5.92. The van der Waals surface area contributed by atoms with Gasteiger partial charge in [0, 0.05) is 36.3 Å². The van der Waals surface area contributed by atoms with Gasteiger partial charge in [0.05, 0.1) is 17.8 Å². The molecule has 0 aliphatic carbocycles. The summed E-state index contributed by atoms with van der Waals surface area (Å²) < 4.78 is 6.68. The standard InChI is InChI=1S/C23H21N7O5S/c1-35-18-8-2-15(3-9-18)23(32)24-13-12-20-27-26-19-10-11-22(28-29(19)20)36-14-21(31)25-16-4-6-17(7-5-16)30(33)34/h2-11H,12-14H2,1H3,(H,24,32)(H,25,31). The number of carbonyl (C=O) groups is 2. The van der Waals surface area contributed by atoms with Gasteiger partial charge in [-0.25, -0.2) is 0 Å². The summed E-state index contributed by atoms with van der Waals surface area (Å²) >= 11 is 1.22. The summed E-state index contributed by atoms with van der Waals surface area (Å²) in [5.74, 6) is 0.837. The topological polar surface area (TPSA) is 154 Å². The Balaban J connectivity index is 1.31. The first-order chi connectivity index (χ1) is 17.4. The number of hydrogen-bond acceptors (Lipinski definition) is 9. The smallest absolute Gasteiger partial charge is 0.269 e. The Morgan fingerprint density at radius 1 is 1.06 bits per heavy atom. The molecule has 0 bridgehead atoms. The van der Waals surface area contributed by atoms with Crippen molar-refractivity contribution in [1.82, 2.24) is 25.1 Å². The van der Waals surface area contributed by atoms with Gasteiger partial charge in [0.25, 0.3) is 11.6 Å². The highest BCUT2D eigenvalue weighted by Gasteiger charge is 2.12. The lowest BCUT2D eigenvalue weighted by atomic mass is 10.2. The average molecular weight is 508 g/mol. The Morgan fingerprint density at radius 3 is 2.50 bits per heavy atom. The van der Waals surface area contributed by atoms with E-state index in [2.05, 4.69) is 25.9 Å². The first-order valence-corrected chi connectivity index (χ1v) is 11.7. The van der Waals surface area contributed by atoms with Crippen LogP contribution in [-0.2, 0) is 11.2 Å². The van der Waals surface area contributed by atoms with Crippen LogP contribution >= 0.6 is 11.8 Å². The molecule has 36 heavy (non-hydrogen) atoms. The van der Waals surface area contributed by atoms with Crippen molar-refractivity contribution in [3.63, 3.8) is 0 Å². The number of carbonyl (C=O) groups excluding carboxylic acids is 2. The largest absolute Gasteiger partial charge is 0.497 e. The number of ether oxygens (including phenoxy) is 1. The maximum Gasteiger partial charge on any atom is 0.269 e. The van der Waals surface area contributed by atoms with Gasteiger partial charge in [0.1, 0.15) is 10.8 Å². The molecule has 0 fully saturated rings. The lowest BCUT2D eigenvalue weighted by molar-refractivity contribution is -0.384. The van der Waals surface area contributed by atoms with E-state index >= 15 is 0 Å². The van der Waals surface area contributed by atoms with Crippen LogP contribution in [0.3, 0.4) is 0 Å². The highest BCUT2D eigenvalue weighted by molar-refractivity contribution is 7.99. The molecule has 2 amide bonds. The Kier molecular flexibility index (Phi) is 7.70. The molecule has 4 aromatic rings. The average Bonchev–Trinajstić information content (AvgIpc) is 3.30. The molecule has 0 unspecified atom stereocenters. The summed E-state index contributed by atoms with van der Waals surface area (Å²) in [5.41, 5.74) is 1.48.